The minimum Gasteiger partial charge on any atom is -0.872 e. The van der Waals surface area contributed by atoms with Crippen molar-refractivity contribution in [1.82, 2.24) is 14.9 Å². The average molecular weight is 453 g/mol. The van der Waals surface area contributed by atoms with Crippen LogP contribution in [0.2, 0.25) is 5.02 Å². The van der Waals surface area contributed by atoms with Gasteiger partial charge in [0.05, 0.1) is 24.7 Å². The number of hydrogen-bond acceptors (Lipinski definition) is 5. The van der Waals surface area contributed by atoms with Gasteiger partial charge in [0.1, 0.15) is 18.1 Å². The predicted molar refractivity (Wildman–Crippen MR) is 114 cm³/mol. The van der Waals surface area contributed by atoms with Crippen LogP contribution in [0.1, 0.15) is 23.6 Å². The number of ketones is 1. The maximum atomic E-state index is 13.4. The van der Waals surface area contributed by atoms with Crippen LogP contribution >= 0.6 is 11.6 Å². The number of likely N-dealkylation sites (tertiary alicyclic amines) is 1. The molecule has 1 aromatic carbocycles. The Morgan fingerprint density at radius 1 is 1.28 bits per heavy atom. The van der Waals surface area contributed by atoms with Gasteiger partial charge >= 0.3 is 0 Å². The number of aryl methyl sites for hydroxylation is 1. The van der Waals surface area contributed by atoms with Crippen molar-refractivity contribution in [2.24, 2.45) is 0 Å². The van der Waals surface area contributed by atoms with Crippen molar-refractivity contribution in [3.05, 3.63) is 83.2 Å². The molecule has 1 N–H and O–H groups in total. The lowest BCUT2D eigenvalue weighted by molar-refractivity contribution is -0.695. The quantitative estimate of drug-likeness (QED) is 0.254. The number of nitrogens with zero attached hydrogens (tertiary/aromatic N) is 3. The summed E-state index contributed by atoms with van der Waals surface area (Å²) in [6.45, 7) is 0.970. The molecule has 164 valence electrons. The Bertz CT molecular complexity index is 1160. The number of rotatable bonds is 7. The minimum atomic E-state index is -0.793. The number of halogens is 1. The molecule has 1 saturated heterocycles. The van der Waals surface area contributed by atoms with Gasteiger partial charge in [-0.1, -0.05) is 23.4 Å². The lowest BCUT2D eigenvalue weighted by Gasteiger charge is -2.27. The number of imidazole rings is 1. The normalized spacial score (nSPS) is 17.7. The number of pyridine rings is 1. The van der Waals surface area contributed by atoms with Crippen molar-refractivity contribution in [2.45, 2.75) is 19.0 Å². The second kappa shape index (κ2) is 9.23. The summed E-state index contributed by atoms with van der Waals surface area (Å²) in [5, 5.41) is 13.6. The maximum Gasteiger partial charge on any atom is 0.295 e. The summed E-state index contributed by atoms with van der Waals surface area (Å²) >= 11 is 6.18. The van der Waals surface area contributed by atoms with Gasteiger partial charge in [0.25, 0.3) is 5.91 Å². The van der Waals surface area contributed by atoms with Crippen LogP contribution in [0.5, 0.6) is 5.75 Å². The third kappa shape index (κ3) is 4.09. The molecule has 0 bridgehead atoms. The van der Waals surface area contributed by atoms with Crippen LogP contribution in [0.25, 0.3) is 5.76 Å². The van der Waals surface area contributed by atoms with Crippen LogP contribution in [-0.2, 0) is 16.1 Å². The molecule has 0 radical (unpaired) electrons. The summed E-state index contributed by atoms with van der Waals surface area (Å²) in [6.07, 6.45) is 9.25. The summed E-state index contributed by atoms with van der Waals surface area (Å²) < 4.78 is 7.08. The number of benzene rings is 1. The van der Waals surface area contributed by atoms with E-state index in [2.05, 4.69) is 9.97 Å². The Labute approximate surface area is 189 Å². The van der Waals surface area contributed by atoms with Gasteiger partial charge in [-0.05, 0) is 35.4 Å². The molecule has 3 heterocycles. The Morgan fingerprint density at radius 2 is 2.06 bits per heavy atom. The van der Waals surface area contributed by atoms with Crippen molar-refractivity contribution in [3.8, 4) is 5.75 Å². The van der Waals surface area contributed by atoms with Crippen molar-refractivity contribution >= 4 is 29.1 Å². The van der Waals surface area contributed by atoms with Gasteiger partial charge < -0.3 is 14.7 Å². The van der Waals surface area contributed by atoms with Crippen molar-refractivity contribution in [3.63, 3.8) is 0 Å². The molecule has 0 aliphatic carbocycles. The molecule has 2 aromatic heterocycles. The molecule has 1 fully saturated rings. The first-order valence-electron chi connectivity index (χ1n) is 10.0. The molecule has 3 aromatic rings. The van der Waals surface area contributed by atoms with E-state index in [0.717, 1.165) is 0 Å². The first-order chi connectivity index (χ1) is 15.5. The molecule has 1 aliphatic rings. The molecule has 0 saturated carbocycles. The average Bonchev–Trinajstić information content (AvgIpc) is 3.41. The predicted octanol–water partition coefficient (Wildman–Crippen LogP) is 1.67. The molecule has 32 heavy (non-hydrogen) atoms. The number of aromatic amines is 1. The first-order valence-corrected chi connectivity index (χ1v) is 10.4. The van der Waals surface area contributed by atoms with E-state index in [1.807, 2.05) is 17.1 Å². The van der Waals surface area contributed by atoms with Crippen LogP contribution in [0, 0.1) is 0 Å². The summed E-state index contributed by atoms with van der Waals surface area (Å²) in [4.78, 5) is 34.3. The third-order valence-corrected chi connectivity index (χ3v) is 5.68. The zero-order valence-electron chi connectivity index (χ0n) is 17.3. The number of aromatic nitrogens is 3. The van der Waals surface area contributed by atoms with Crippen molar-refractivity contribution < 1.29 is 24.0 Å². The number of methoxy groups -OCH3 is 1. The van der Waals surface area contributed by atoms with Crippen molar-refractivity contribution in [1.29, 1.82) is 0 Å². The Hall–Kier alpha value is -3.65. The molecular weight excluding hydrogens is 432 g/mol. The fraction of sp³-hybridized carbons (Fsp3) is 0.217. The molecule has 9 heteroatoms. The molecule has 0 spiro atoms. The largest absolute Gasteiger partial charge is 0.872 e. The zero-order valence-corrected chi connectivity index (χ0v) is 18.1. The SMILES string of the molecule is COc1ccc(/C([O-])=C2\C(=O)C(=O)N(CCC[n+]3cc[nH]c3)C2c2ccncc2)cc1Cl. The standard InChI is InChI=1S/C23H21ClN4O4/c1-32-18-4-3-16(13-17(18)24)21(29)19-20(15-5-7-25-8-6-15)28(23(31)22(19)30)11-2-10-27-12-9-26-14-27/h3-9,12-14,20H,2,10-11H2,1H3,(H,29,30). The molecule has 1 amide bonds. The van der Waals surface area contributed by atoms with Gasteiger partial charge in [0.2, 0.25) is 12.1 Å². The van der Waals surface area contributed by atoms with Crippen LogP contribution in [0.3, 0.4) is 0 Å². The second-order valence-corrected chi connectivity index (χ2v) is 7.71. The van der Waals surface area contributed by atoms with Gasteiger partial charge in [-0.2, -0.15) is 0 Å². The number of nitrogens with one attached hydrogen (secondary N) is 1. The Balaban J connectivity index is 1.72. The zero-order chi connectivity index (χ0) is 22.7. The van der Waals surface area contributed by atoms with Crippen LogP contribution in [-0.4, -0.2) is 40.2 Å². The smallest absolute Gasteiger partial charge is 0.295 e. The highest BCUT2D eigenvalue weighted by Crippen LogP contribution is 2.39. The van der Waals surface area contributed by atoms with E-state index in [-0.39, 0.29) is 16.2 Å². The number of ether oxygens (including phenoxy) is 1. The van der Waals surface area contributed by atoms with E-state index in [1.165, 1.54) is 24.1 Å². The first kappa shape index (κ1) is 21.6. The van der Waals surface area contributed by atoms with E-state index in [9.17, 15) is 14.7 Å². The highest BCUT2D eigenvalue weighted by molar-refractivity contribution is 6.46. The number of hydrogen-bond donors (Lipinski definition) is 1. The summed E-state index contributed by atoms with van der Waals surface area (Å²) in [5.74, 6) is -1.60. The Kier molecular flexibility index (Phi) is 6.23. The van der Waals surface area contributed by atoms with Gasteiger partial charge in [0, 0.05) is 30.9 Å². The molecule has 1 aliphatic heterocycles. The number of Topliss-reactive ketones (excluding diaryl/α,β-unsaturated/α-hetero) is 1. The molecule has 4 rings (SSSR count). The van der Waals surface area contributed by atoms with E-state index in [4.69, 9.17) is 16.3 Å². The number of carbonyl (C=O) groups is 2. The number of amides is 1. The van der Waals surface area contributed by atoms with Crippen LogP contribution < -0.4 is 14.4 Å². The van der Waals surface area contributed by atoms with Crippen LogP contribution in [0.4, 0.5) is 0 Å². The molecule has 1 unspecified atom stereocenters. The van der Waals surface area contributed by atoms with Gasteiger partial charge in [-0.15, -0.1) is 0 Å². The fourth-order valence-electron chi connectivity index (χ4n) is 3.84. The third-order valence-electron chi connectivity index (χ3n) is 5.38. The van der Waals surface area contributed by atoms with E-state index in [0.29, 0.717) is 30.8 Å². The lowest BCUT2D eigenvalue weighted by Crippen LogP contribution is -2.36. The van der Waals surface area contributed by atoms with E-state index >= 15 is 0 Å². The number of carbonyl (C=O) groups excluding carboxylic acids is 2. The summed E-state index contributed by atoms with van der Waals surface area (Å²) in [6, 6.07) is 7.17. The number of H-pyrrole nitrogens is 1. The monoisotopic (exact) mass is 452 g/mol. The highest BCUT2D eigenvalue weighted by atomic mass is 35.5. The maximum absolute atomic E-state index is 13.4. The van der Waals surface area contributed by atoms with Crippen LogP contribution in [0.15, 0.2) is 67.0 Å². The molecule has 8 nitrogen and oxygen atoms in total. The Morgan fingerprint density at radius 3 is 2.72 bits per heavy atom. The van der Waals surface area contributed by atoms with Gasteiger partial charge in [-0.25, -0.2) is 4.57 Å². The van der Waals surface area contributed by atoms with Gasteiger partial charge in [-0.3, -0.25) is 19.6 Å². The second-order valence-electron chi connectivity index (χ2n) is 7.31. The lowest BCUT2D eigenvalue weighted by atomic mass is 9.96. The van der Waals surface area contributed by atoms with E-state index < -0.39 is 23.5 Å². The van der Waals surface area contributed by atoms with E-state index in [1.54, 1.807) is 36.8 Å². The molecular formula is C23H21ClN4O4. The summed E-state index contributed by atoms with van der Waals surface area (Å²) in [7, 11) is 1.47. The summed E-state index contributed by atoms with van der Waals surface area (Å²) in [5.41, 5.74) is 0.781. The highest BCUT2D eigenvalue weighted by Gasteiger charge is 2.43. The fourth-order valence-corrected chi connectivity index (χ4v) is 4.10. The van der Waals surface area contributed by atoms with Crippen molar-refractivity contribution in [2.75, 3.05) is 13.7 Å². The molecule has 1 atom stereocenters. The minimum absolute atomic E-state index is 0.0864. The topological polar surface area (TPSA) is 102 Å². The van der Waals surface area contributed by atoms with Gasteiger partial charge in [0.15, 0.2) is 0 Å².